The summed E-state index contributed by atoms with van der Waals surface area (Å²) in [7, 11) is 0. The molecule has 0 N–H and O–H groups in total. The highest BCUT2D eigenvalue weighted by molar-refractivity contribution is 6.17. The maximum atomic E-state index is 5.91. The van der Waals surface area contributed by atoms with Crippen molar-refractivity contribution in [2.75, 3.05) is 0 Å². The van der Waals surface area contributed by atoms with E-state index >= 15 is 0 Å². The highest BCUT2D eigenvalue weighted by Gasteiger charge is 2.07. The first-order valence-electron chi connectivity index (χ1n) is 5.89. The molecule has 18 heavy (non-hydrogen) atoms. The third-order valence-corrected chi connectivity index (χ3v) is 3.00. The molecule has 0 bridgehead atoms. The molecule has 0 amide bonds. The Hall–Kier alpha value is -1.55. The van der Waals surface area contributed by atoms with Gasteiger partial charge in [-0.05, 0) is 19.9 Å². The van der Waals surface area contributed by atoms with Crippen LogP contribution in [0.15, 0.2) is 24.5 Å². The Balaban J connectivity index is 2.10. The minimum absolute atomic E-state index is 0.404. The number of hydrogen-bond acceptors (Lipinski definition) is 3. The molecule has 1 heterocycles. The van der Waals surface area contributed by atoms with Gasteiger partial charge in [0.1, 0.15) is 18.7 Å². The molecule has 0 saturated heterocycles. The van der Waals surface area contributed by atoms with Crippen LogP contribution >= 0.6 is 11.6 Å². The lowest BCUT2D eigenvalue weighted by molar-refractivity contribution is 0.285. The molecule has 0 saturated carbocycles. The van der Waals surface area contributed by atoms with Crippen molar-refractivity contribution in [3.8, 4) is 5.75 Å². The van der Waals surface area contributed by atoms with Gasteiger partial charge in [-0.25, -0.2) is 9.67 Å². The topological polar surface area (TPSA) is 39.9 Å². The van der Waals surface area contributed by atoms with E-state index in [2.05, 4.69) is 10.1 Å². The fraction of sp³-hybridized carbons (Fsp3) is 0.385. The smallest absolute Gasteiger partial charge is 0.164 e. The second kappa shape index (κ2) is 5.87. The largest absolute Gasteiger partial charge is 0.485 e. The summed E-state index contributed by atoms with van der Waals surface area (Å²) < 4.78 is 7.58. The highest BCUT2D eigenvalue weighted by Crippen LogP contribution is 2.22. The summed E-state index contributed by atoms with van der Waals surface area (Å²) in [6, 6.07) is 5.99. The van der Waals surface area contributed by atoms with Gasteiger partial charge < -0.3 is 4.74 Å². The van der Waals surface area contributed by atoms with Crippen LogP contribution in [0.4, 0.5) is 0 Å². The molecule has 2 rings (SSSR count). The first kappa shape index (κ1) is 12.9. The highest BCUT2D eigenvalue weighted by atomic mass is 35.5. The third kappa shape index (κ3) is 2.82. The number of alkyl halides is 1. The maximum Gasteiger partial charge on any atom is 0.164 e. The quantitative estimate of drug-likeness (QED) is 0.781. The van der Waals surface area contributed by atoms with Gasteiger partial charge in [0.15, 0.2) is 5.82 Å². The molecule has 0 fully saturated rings. The Kier molecular flexibility index (Phi) is 4.20. The van der Waals surface area contributed by atoms with E-state index in [4.69, 9.17) is 16.3 Å². The lowest BCUT2D eigenvalue weighted by Gasteiger charge is -2.10. The second-order valence-corrected chi connectivity index (χ2v) is 4.29. The Labute approximate surface area is 112 Å². The zero-order valence-corrected chi connectivity index (χ0v) is 11.3. The van der Waals surface area contributed by atoms with Gasteiger partial charge in [-0.1, -0.05) is 17.7 Å². The van der Waals surface area contributed by atoms with E-state index in [9.17, 15) is 0 Å². The number of ether oxygens (including phenoxy) is 1. The summed E-state index contributed by atoms with van der Waals surface area (Å²) in [5, 5.41) is 4.10. The van der Waals surface area contributed by atoms with Crippen LogP contribution in [0.1, 0.15) is 23.9 Å². The molecule has 5 heteroatoms. The average Bonchev–Trinajstić information content (AvgIpc) is 2.84. The molecular weight excluding hydrogens is 250 g/mol. The molecule has 0 aliphatic heterocycles. The van der Waals surface area contributed by atoms with Crippen LogP contribution in [0.5, 0.6) is 5.75 Å². The summed E-state index contributed by atoms with van der Waals surface area (Å²) in [5.74, 6) is 2.07. The van der Waals surface area contributed by atoms with Gasteiger partial charge >= 0.3 is 0 Å². The van der Waals surface area contributed by atoms with E-state index in [1.807, 2.05) is 36.7 Å². The summed E-state index contributed by atoms with van der Waals surface area (Å²) in [4.78, 5) is 4.17. The van der Waals surface area contributed by atoms with Crippen LogP contribution in [0.3, 0.4) is 0 Å². The number of aromatic nitrogens is 3. The fourth-order valence-corrected chi connectivity index (χ4v) is 1.97. The van der Waals surface area contributed by atoms with Gasteiger partial charge in [-0.15, -0.1) is 11.6 Å². The first-order chi connectivity index (χ1) is 8.74. The zero-order valence-electron chi connectivity index (χ0n) is 10.6. The number of rotatable bonds is 5. The molecular formula is C13H16ClN3O. The van der Waals surface area contributed by atoms with E-state index in [0.717, 1.165) is 23.7 Å². The predicted octanol–water partition coefficient (Wildman–Crippen LogP) is 2.92. The molecule has 0 atom stereocenters. The Morgan fingerprint density at radius 3 is 2.94 bits per heavy atom. The predicted molar refractivity (Wildman–Crippen MR) is 70.8 cm³/mol. The van der Waals surface area contributed by atoms with Crippen molar-refractivity contribution in [1.82, 2.24) is 14.8 Å². The normalized spacial score (nSPS) is 10.6. The van der Waals surface area contributed by atoms with E-state index in [-0.39, 0.29) is 0 Å². The van der Waals surface area contributed by atoms with Crippen molar-refractivity contribution in [3.63, 3.8) is 0 Å². The Morgan fingerprint density at radius 2 is 2.22 bits per heavy atom. The van der Waals surface area contributed by atoms with Crippen molar-refractivity contribution >= 4 is 11.6 Å². The van der Waals surface area contributed by atoms with Crippen molar-refractivity contribution in [1.29, 1.82) is 0 Å². The zero-order chi connectivity index (χ0) is 13.0. The summed E-state index contributed by atoms with van der Waals surface area (Å²) >= 11 is 5.91. The van der Waals surface area contributed by atoms with Crippen LogP contribution in [-0.4, -0.2) is 14.8 Å². The monoisotopic (exact) mass is 265 g/mol. The first-order valence-corrected chi connectivity index (χ1v) is 6.43. The van der Waals surface area contributed by atoms with Crippen molar-refractivity contribution < 1.29 is 4.74 Å². The Morgan fingerprint density at radius 1 is 1.39 bits per heavy atom. The molecule has 0 aliphatic rings. The van der Waals surface area contributed by atoms with Gasteiger partial charge in [0.05, 0.1) is 5.88 Å². The molecule has 0 unspecified atom stereocenters. The molecule has 0 radical (unpaired) electrons. The third-order valence-electron chi connectivity index (χ3n) is 2.71. The van der Waals surface area contributed by atoms with Crippen molar-refractivity contribution in [3.05, 3.63) is 41.5 Å². The molecule has 0 spiro atoms. The minimum atomic E-state index is 0.404. The van der Waals surface area contributed by atoms with E-state index in [1.54, 1.807) is 6.33 Å². The molecule has 2 aromatic rings. The number of halogens is 1. The molecule has 96 valence electrons. The van der Waals surface area contributed by atoms with Crippen LogP contribution in [0.2, 0.25) is 0 Å². The van der Waals surface area contributed by atoms with Crippen LogP contribution < -0.4 is 4.74 Å². The SMILES string of the molecule is CCn1ncnc1COc1ccc(C)cc1CCl. The average molecular weight is 266 g/mol. The number of benzene rings is 1. The molecule has 4 nitrogen and oxygen atoms in total. The van der Waals surface area contributed by atoms with Gasteiger partial charge in [-0.3, -0.25) is 0 Å². The number of aryl methyl sites for hydroxylation is 2. The van der Waals surface area contributed by atoms with Crippen molar-refractivity contribution in [2.45, 2.75) is 32.9 Å². The van der Waals surface area contributed by atoms with Crippen molar-refractivity contribution in [2.24, 2.45) is 0 Å². The summed E-state index contributed by atoms with van der Waals surface area (Å²) in [5.41, 5.74) is 2.17. The standard InChI is InChI=1S/C13H16ClN3O/c1-3-17-13(15-9-16-17)8-18-12-5-4-10(2)6-11(12)7-14/h4-6,9H,3,7-8H2,1-2H3. The molecule has 0 aliphatic carbocycles. The summed E-state index contributed by atoms with van der Waals surface area (Å²) in [6.45, 7) is 5.25. The molecule has 1 aromatic heterocycles. The van der Waals surface area contributed by atoms with Gasteiger partial charge in [0, 0.05) is 12.1 Å². The Bertz CT molecular complexity index is 525. The lowest BCUT2D eigenvalue weighted by Crippen LogP contribution is -2.08. The lowest BCUT2D eigenvalue weighted by atomic mass is 10.1. The van der Waals surface area contributed by atoms with Crippen LogP contribution in [-0.2, 0) is 19.0 Å². The van der Waals surface area contributed by atoms with Gasteiger partial charge in [0.2, 0.25) is 0 Å². The van der Waals surface area contributed by atoms with E-state index in [1.165, 1.54) is 5.56 Å². The second-order valence-electron chi connectivity index (χ2n) is 4.03. The number of hydrogen-bond donors (Lipinski definition) is 0. The van der Waals surface area contributed by atoms with Gasteiger partial charge in [-0.2, -0.15) is 5.10 Å². The minimum Gasteiger partial charge on any atom is -0.485 e. The fourth-order valence-electron chi connectivity index (χ4n) is 1.76. The number of nitrogens with zero attached hydrogens (tertiary/aromatic N) is 3. The maximum absolute atomic E-state index is 5.91. The van der Waals surface area contributed by atoms with Crippen LogP contribution in [0, 0.1) is 6.92 Å². The molecule has 1 aromatic carbocycles. The van der Waals surface area contributed by atoms with E-state index in [0.29, 0.717) is 12.5 Å². The van der Waals surface area contributed by atoms with Crippen LogP contribution in [0.25, 0.3) is 0 Å². The summed E-state index contributed by atoms with van der Waals surface area (Å²) in [6.07, 6.45) is 1.54. The van der Waals surface area contributed by atoms with Gasteiger partial charge in [0.25, 0.3) is 0 Å². The van der Waals surface area contributed by atoms with E-state index < -0.39 is 0 Å².